The van der Waals surface area contributed by atoms with Gasteiger partial charge in [-0.1, -0.05) is 23.7 Å². The zero-order valence-corrected chi connectivity index (χ0v) is 16.7. The number of H-pyrrole nitrogens is 1. The standard InChI is InChI=1S/C23H19ClFN3O2/c24-15-5-8-20-19(12-15)18-9-10-28(23(29)26-13-17-2-1-11-30-17)22(21(18)27-20)14-3-6-16(25)7-4-14/h1-8,11-12,22,27H,9-10,13H2,(H,26,29)/t22-/m0/s1. The smallest absolute Gasteiger partial charge is 0.318 e. The molecule has 0 spiro atoms. The number of nitrogens with one attached hydrogen (secondary N) is 2. The lowest BCUT2D eigenvalue weighted by atomic mass is 9.92. The van der Waals surface area contributed by atoms with E-state index in [9.17, 15) is 9.18 Å². The number of nitrogens with zero attached hydrogens (tertiary/aromatic N) is 1. The Bertz CT molecular complexity index is 1200. The van der Waals surface area contributed by atoms with Crippen LogP contribution in [-0.4, -0.2) is 22.5 Å². The van der Waals surface area contributed by atoms with Crippen LogP contribution in [0.4, 0.5) is 9.18 Å². The lowest BCUT2D eigenvalue weighted by Gasteiger charge is -2.36. The van der Waals surface area contributed by atoms with Gasteiger partial charge in [-0.15, -0.1) is 0 Å². The minimum absolute atomic E-state index is 0.205. The average molecular weight is 424 g/mol. The third-order valence-corrected chi connectivity index (χ3v) is 5.76. The number of carbonyl (C=O) groups excluding carboxylic acids is 1. The summed E-state index contributed by atoms with van der Waals surface area (Å²) in [6, 6.07) is 15.0. The molecular formula is C23H19ClFN3O2. The fraction of sp³-hybridized carbons (Fsp3) is 0.174. The van der Waals surface area contributed by atoms with E-state index in [4.69, 9.17) is 16.0 Å². The van der Waals surface area contributed by atoms with Gasteiger partial charge in [-0.2, -0.15) is 0 Å². The molecule has 5 nitrogen and oxygen atoms in total. The van der Waals surface area contributed by atoms with Crippen molar-refractivity contribution in [3.05, 3.63) is 94.3 Å². The molecular weight excluding hydrogens is 405 g/mol. The van der Waals surface area contributed by atoms with E-state index >= 15 is 0 Å². The molecule has 0 saturated carbocycles. The molecule has 1 aliphatic heterocycles. The molecule has 0 fully saturated rings. The predicted octanol–water partition coefficient (Wildman–Crippen LogP) is 5.41. The second-order valence-electron chi connectivity index (χ2n) is 7.34. The summed E-state index contributed by atoms with van der Waals surface area (Å²) in [6.07, 6.45) is 2.27. The highest BCUT2D eigenvalue weighted by Gasteiger charge is 2.34. The quantitative estimate of drug-likeness (QED) is 0.462. The van der Waals surface area contributed by atoms with Gasteiger partial charge in [0.05, 0.1) is 18.8 Å². The molecule has 3 heterocycles. The van der Waals surface area contributed by atoms with Gasteiger partial charge in [0.1, 0.15) is 11.6 Å². The number of carbonyl (C=O) groups is 1. The maximum atomic E-state index is 13.6. The zero-order chi connectivity index (χ0) is 20.7. The minimum Gasteiger partial charge on any atom is -0.467 e. The molecule has 152 valence electrons. The highest BCUT2D eigenvalue weighted by atomic mass is 35.5. The number of aromatic amines is 1. The van der Waals surface area contributed by atoms with E-state index < -0.39 is 0 Å². The molecule has 0 saturated heterocycles. The van der Waals surface area contributed by atoms with Crippen LogP contribution in [-0.2, 0) is 13.0 Å². The number of hydrogen-bond donors (Lipinski definition) is 2. The summed E-state index contributed by atoms with van der Waals surface area (Å²) in [5, 5.41) is 4.65. The number of aromatic nitrogens is 1. The van der Waals surface area contributed by atoms with E-state index in [-0.39, 0.29) is 17.9 Å². The van der Waals surface area contributed by atoms with Gasteiger partial charge in [0, 0.05) is 28.2 Å². The first-order chi connectivity index (χ1) is 14.6. The molecule has 7 heteroatoms. The molecule has 0 aliphatic carbocycles. The second kappa shape index (κ2) is 7.54. The van der Waals surface area contributed by atoms with Gasteiger partial charge in [-0.25, -0.2) is 9.18 Å². The topological polar surface area (TPSA) is 61.3 Å². The summed E-state index contributed by atoms with van der Waals surface area (Å²) in [5.74, 6) is 0.367. The molecule has 0 radical (unpaired) electrons. The fourth-order valence-electron chi connectivity index (χ4n) is 4.15. The van der Waals surface area contributed by atoms with Gasteiger partial charge in [0.15, 0.2) is 0 Å². The lowest BCUT2D eigenvalue weighted by Crippen LogP contribution is -2.45. The van der Waals surface area contributed by atoms with Crippen molar-refractivity contribution < 1.29 is 13.6 Å². The van der Waals surface area contributed by atoms with Crippen LogP contribution < -0.4 is 5.32 Å². The van der Waals surface area contributed by atoms with Crippen molar-refractivity contribution in [3.8, 4) is 0 Å². The van der Waals surface area contributed by atoms with Crippen molar-refractivity contribution in [1.82, 2.24) is 15.2 Å². The Hall–Kier alpha value is -3.25. The maximum absolute atomic E-state index is 13.6. The molecule has 2 aromatic carbocycles. The number of rotatable bonds is 3. The van der Waals surface area contributed by atoms with Crippen LogP contribution in [0.3, 0.4) is 0 Å². The predicted molar refractivity (Wildman–Crippen MR) is 113 cm³/mol. The number of hydrogen-bond acceptors (Lipinski definition) is 2. The largest absolute Gasteiger partial charge is 0.467 e. The van der Waals surface area contributed by atoms with E-state index in [0.717, 1.165) is 27.7 Å². The first-order valence-electron chi connectivity index (χ1n) is 9.72. The Morgan fingerprint density at radius 2 is 2.07 bits per heavy atom. The highest BCUT2D eigenvalue weighted by Crippen LogP contribution is 2.39. The molecule has 2 aromatic heterocycles. The van der Waals surface area contributed by atoms with Crippen LogP contribution >= 0.6 is 11.6 Å². The van der Waals surface area contributed by atoms with Crippen LogP contribution in [0, 0.1) is 5.82 Å². The van der Waals surface area contributed by atoms with Gasteiger partial charge in [-0.05, 0) is 60.0 Å². The van der Waals surface area contributed by atoms with E-state index in [1.807, 2.05) is 24.3 Å². The van der Waals surface area contributed by atoms with Crippen molar-refractivity contribution in [2.45, 2.75) is 19.0 Å². The maximum Gasteiger partial charge on any atom is 0.318 e. The number of urea groups is 1. The van der Waals surface area contributed by atoms with Gasteiger partial charge < -0.3 is 19.6 Å². The molecule has 2 amide bonds. The first kappa shape index (κ1) is 18.8. The molecule has 2 N–H and O–H groups in total. The van der Waals surface area contributed by atoms with Gasteiger partial charge in [0.25, 0.3) is 0 Å². The van der Waals surface area contributed by atoms with Crippen molar-refractivity contribution in [1.29, 1.82) is 0 Å². The van der Waals surface area contributed by atoms with Crippen molar-refractivity contribution in [2.24, 2.45) is 0 Å². The lowest BCUT2D eigenvalue weighted by molar-refractivity contribution is 0.178. The summed E-state index contributed by atoms with van der Waals surface area (Å²) in [5.41, 5.74) is 3.87. The molecule has 4 aromatic rings. The van der Waals surface area contributed by atoms with Crippen LogP contribution in [0.5, 0.6) is 0 Å². The second-order valence-corrected chi connectivity index (χ2v) is 7.78. The molecule has 1 aliphatic rings. The SMILES string of the molecule is O=C(NCc1ccco1)N1CCc2c([nH]c3ccc(Cl)cc23)[C@@H]1c1ccc(F)cc1. The third kappa shape index (κ3) is 3.33. The van der Waals surface area contributed by atoms with Gasteiger partial charge in [0.2, 0.25) is 0 Å². The summed E-state index contributed by atoms with van der Waals surface area (Å²) >= 11 is 6.22. The van der Waals surface area contributed by atoms with Crippen molar-refractivity contribution >= 4 is 28.5 Å². The van der Waals surface area contributed by atoms with E-state index in [1.165, 1.54) is 12.1 Å². The number of furan rings is 1. The summed E-state index contributed by atoms with van der Waals surface area (Å²) in [6.45, 7) is 0.826. The number of halogens is 2. The average Bonchev–Trinajstić information content (AvgIpc) is 3.39. The highest BCUT2D eigenvalue weighted by molar-refractivity contribution is 6.31. The zero-order valence-electron chi connectivity index (χ0n) is 16.0. The Morgan fingerprint density at radius 3 is 2.83 bits per heavy atom. The van der Waals surface area contributed by atoms with Crippen LogP contribution in [0.25, 0.3) is 10.9 Å². The molecule has 0 bridgehead atoms. The molecule has 1 atom stereocenters. The number of amides is 2. The molecule has 30 heavy (non-hydrogen) atoms. The van der Waals surface area contributed by atoms with Crippen LogP contribution in [0.1, 0.15) is 28.6 Å². The first-order valence-corrected chi connectivity index (χ1v) is 10.1. The molecule has 5 rings (SSSR count). The summed E-state index contributed by atoms with van der Waals surface area (Å²) in [7, 11) is 0. The Balaban J connectivity index is 1.54. The van der Waals surface area contributed by atoms with Crippen LogP contribution in [0.2, 0.25) is 5.02 Å². The van der Waals surface area contributed by atoms with Gasteiger partial charge in [-0.3, -0.25) is 0 Å². The van der Waals surface area contributed by atoms with E-state index in [2.05, 4.69) is 10.3 Å². The fourth-order valence-corrected chi connectivity index (χ4v) is 4.32. The van der Waals surface area contributed by atoms with E-state index in [0.29, 0.717) is 30.3 Å². The number of benzene rings is 2. The Morgan fingerprint density at radius 1 is 1.23 bits per heavy atom. The minimum atomic E-state index is -0.364. The van der Waals surface area contributed by atoms with Gasteiger partial charge >= 0.3 is 6.03 Å². The normalized spacial score (nSPS) is 15.9. The third-order valence-electron chi connectivity index (χ3n) is 5.53. The Labute approximate surface area is 177 Å². The summed E-state index contributed by atoms with van der Waals surface area (Å²) in [4.78, 5) is 18.3. The van der Waals surface area contributed by atoms with Crippen molar-refractivity contribution in [3.63, 3.8) is 0 Å². The Kier molecular flexibility index (Phi) is 4.71. The van der Waals surface area contributed by atoms with E-state index in [1.54, 1.807) is 29.4 Å². The van der Waals surface area contributed by atoms with Crippen molar-refractivity contribution in [2.75, 3.05) is 6.54 Å². The monoisotopic (exact) mass is 423 g/mol. The van der Waals surface area contributed by atoms with Crippen LogP contribution in [0.15, 0.2) is 65.3 Å². The molecule has 0 unspecified atom stereocenters. The number of fused-ring (bicyclic) bond motifs is 3. The summed E-state index contributed by atoms with van der Waals surface area (Å²) < 4.78 is 18.9.